The molecule has 125 heavy (non-hydrogen) atoms. The van der Waals surface area contributed by atoms with E-state index in [-0.39, 0.29) is 49.0 Å². The molecule has 9 heterocycles. The van der Waals surface area contributed by atoms with E-state index in [9.17, 15) is 46.6 Å². The number of alkyl carbamates (subject to hydrolysis) is 1. The number of carbonyl (C=O) groups excluding carboxylic acids is 4. The van der Waals surface area contributed by atoms with E-state index in [2.05, 4.69) is 162 Å². The second-order valence-electron chi connectivity index (χ2n) is 34.5. The number of benzene rings is 8. The van der Waals surface area contributed by atoms with Gasteiger partial charge in [0.1, 0.15) is 42.6 Å². The van der Waals surface area contributed by atoms with Gasteiger partial charge in [0.05, 0.1) is 91.9 Å². The summed E-state index contributed by atoms with van der Waals surface area (Å²) in [5.74, 6) is -2.65. The number of ether oxygens (including phenoxy) is 4. The predicted octanol–water partition coefficient (Wildman–Crippen LogP) is 22.6. The van der Waals surface area contributed by atoms with E-state index in [0.717, 1.165) is 148 Å². The number of likely N-dealkylation sites (tertiary alicyclic amines) is 4. The zero-order valence-corrected chi connectivity index (χ0v) is 72.4. The number of H-pyrrole nitrogens is 4. The van der Waals surface area contributed by atoms with Crippen molar-refractivity contribution in [1.82, 2.24) is 64.8 Å². The lowest BCUT2D eigenvalue weighted by molar-refractivity contribution is -0.138. The fraction of sp³-hybridized carbons (Fsp3) is 0.378. The Labute approximate surface area is 726 Å². The lowest BCUT2D eigenvalue weighted by Crippen LogP contribution is -2.53. The Morgan fingerprint density at radius 1 is 0.440 bits per heavy atom. The topological polar surface area (TPSA) is 282 Å². The smallest absolute Gasteiger partial charge is 0.410 e. The van der Waals surface area contributed by atoms with E-state index < -0.39 is 80.1 Å². The molecular weight excluding hydrogens is 1600 g/mol. The number of alkyl halides is 4. The summed E-state index contributed by atoms with van der Waals surface area (Å²) >= 11 is 0. The molecule has 0 bridgehead atoms. The number of nitrogens with zero attached hydrogens (tertiary/aromatic N) is 8. The number of hydrogen-bond acceptors (Lipinski definition) is 13. The molecule has 8 aromatic carbocycles. The molecule has 0 saturated carbocycles. The quantitative estimate of drug-likeness (QED) is 0.0365. The molecule has 5 aliphatic heterocycles. The van der Waals surface area contributed by atoms with Crippen LogP contribution in [0, 0.1) is 23.7 Å². The summed E-state index contributed by atoms with van der Waals surface area (Å²) < 4.78 is 80.3. The maximum absolute atomic E-state index is 15.0. The first-order valence-electron chi connectivity index (χ1n) is 42.9. The van der Waals surface area contributed by atoms with Crippen LogP contribution in [0.2, 0.25) is 0 Å². The third-order valence-electron chi connectivity index (χ3n) is 21.9. The van der Waals surface area contributed by atoms with Crippen LogP contribution in [-0.2, 0) is 37.0 Å². The standard InChI is InChI=1S/C46H40F2N6O4.C40H41F2N7O6.3C4H10/c47-46(48)24-41(54(29-46)45(56)58-28-31-10-5-2-6-11-31)43-50-25-38(51-43)33-15-13-32(14-16-33)34-17-18-36-23-37(20-19-35(36)22-34)39-26-49-42(52-39)40-12-7-21-53(40)44(55)57-27-30-8-3-1-4-9-30;1-54-38(51)47-34(25-12-15-55-16-13-25)37(50)49-22-40(41,42)19-33(49)36-44-20-30(45-36)24-6-4-23(5-7-24)26-8-9-28-18-29(11-10-27(28)17-26)31-21-43-35(46-31)32-3-2-14-48(32)39(52)53;3*1-4(2)3/h1-6,8-11,13-20,22-23,25-26,40-41H,7,12,21,24,27-29H2,(H,49,52)(H,50,51);4-11,17-18,20-21,25,32-34H,2-3,12-16,19,22H2,1H3,(H,43,46)(H,44,45)(H,47,51)(H,52,53);3*4H,1-3H3. The number of rotatable bonds is 17. The number of imidazole rings is 4. The lowest BCUT2D eigenvalue weighted by Gasteiger charge is -2.33. The minimum atomic E-state index is -3.13. The van der Waals surface area contributed by atoms with E-state index in [4.69, 9.17) is 18.9 Å². The lowest BCUT2D eigenvalue weighted by atomic mass is 9.90. The van der Waals surface area contributed by atoms with Gasteiger partial charge in [-0.05, 0) is 153 Å². The Bertz CT molecular complexity index is 5590. The zero-order valence-electron chi connectivity index (χ0n) is 72.4. The highest BCUT2D eigenvalue weighted by Gasteiger charge is 2.52. The number of aromatic nitrogens is 8. The molecule has 5 saturated heterocycles. The molecule has 5 unspecified atom stereocenters. The highest BCUT2D eigenvalue weighted by Crippen LogP contribution is 2.45. The Morgan fingerprint density at radius 3 is 1.18 bits per heavy atom. The van der Waals surface area contributed by atoms with Gasteiger partial charge in [0, 0.05) is 50.3 Å². The Morgan fingerprint density at radius 2 is 0.776 bits per heavy atom. The van der Waals surface area contributed by atoms with Crippen LogP contribution < -0.4 is 5.32 Å². The summed E-state index contributed by atoms with van der Waals surface area (Å²) in [5, 5.41) is 16.4. The molecule has 5 atom stereocenters. The average Bonchev–Trinajstić information content (AvgIpc) is 1.60. The monoisotopic (exact) mass is 1710 g/mol. The highest BCUT2D eigenvalue weighted by atomic mass is 19.3. The van der Waals surface area contributed by atoms with Crippen molar-refractivity contribution in [3.8, 4) is 67.3 Å². The minimum absolute atomic E-state index is 0.00780. The highest BCUT2D eigenvalue weighted by molar-refractivity contribution is 5.92. The number of hydrogen-bond donors (Lipinski definition) is 6. The van der Waals surface area contributed by atoms with Crippen molar-refractivity contribution >= 4 is 51.8 Å². The molecule has 17 rings (SSSR count). The van der Waals surface area contributed by atoms with Crippen molar-refractivity contribution < 1.29 is 65.6 Å². The SMILES string of the molecule is CC(C)C.CC(C)C.CC(C)C.COC(=O)NC(C(=O)N1CC(F)(F)CC1c1ncc(-c2ccc(-c3ccc4cc(-c5cnc(C6CCCN6C(=O)O)[nH]5)ccc4c3)cc2)[nH]1)C1CCOCC1.O=C(OCc1ccccc1)N1CCCC1c1ncc(-c2ccc3cc(-c4ccc(-c5cnc(C6CC(F)(F)CN6C(=O)OCc6ccccc6)[nH]5)cc4)ccc3c2)[nH]1. The number of carboxylic acid groups (broad SMARTS) is 1. The second kappa shape index (κ2) is 40.8. The van der Waals surface area contributed by atoms with Crippen LogP contribution in [0.1, 0.15) is 172 Å². The van der Waals surface area contributed by atoms with Crippen LogP contribution in [0.4, 0.5) is 36.7 Å². The van der Waals surface area contributed by atoms with Gasteiger partial charge in [-0.2, -0.15) is 0 Å². The summed E-state index contributed by atoms with van der Waals surface area (Å²) in [5.41, 5.74) is 12.3. The first-order chi connectivity index (χ1) is 60.0. The second-order valence-corrected chi connectivity index (χ2v) is 34.5. The van der Waals surface area contributed by atoms with E-state index in [1.807, 2.05) is 134 Å². The molecule has 0 radical (unpaired) electrons. The maximum Gasteiger partial charge on any atom is 0.410 e. The fourth-order valence-corrected chi connectivity index (χ4v) is 16.0. The summed E-state index contributed by atoms with van der Waals surface area (Å²) in [7, 11) is 1.19. The molecular formula is C98H111F4N13O10. The van der Waals surface area contributed by atoms with Crippen molar-refractivity contribution in [2.24, 2.45) is 23.7 Å². The molecule has 23 nitrogen and oxygen atoms in total. The van der Waals surface area contributed by atoms with Crippen LogP contribution >= 0.6 is 0 Å². The number of nitrogens with one attached hydrogen (secondary N) is 5. The van der Waals surface area contributed by atoms with Crippen molar-refractivity contribution in [2.45, 2.75) is 169 Å². The van der Waals surface area contributed by atoms with E-state index in [1.54, 1.807) is 23.5 Å². The Balaban J connectivity index is 0.000000190. The summed E-state index contributed by atoms with van der Waals surface area (Å²) in [4.78, 5) is 100. The van der Waals surface area contributed by atoms with Crippen molar-refractivity contribution in [3.05, 3.63) is 241 Å². The number of amides is 5. The maximum atomic E-state index is 15.0. The molecule has 27 heteroatoms. The van der Waals surface area contributed by atoms with Crippen LogP contribution in [0.5, 0.6) is 0 Å². The molecule has 5 fully saturated rings. The largest absolute Gasteiger partial charge is 0.465 e. The van der Waals surface area contributed by atoms with Gasteiger partial charge < -0.3 is 54.2 Å². The number of halogens is 4. The zero-order chi connectivity index (χ0) is 88.6. The Hall–Kier alpha value is -12.7. The van der Waals surface area contributed by atoms with Crippen LogP contribution in [0.3, 0.4) is 0 Å². The first-order valence-corrected chi connectivity index (χ1v) is 42.9. The van der Waals surface area contributed by atoms with Gasteiger partial charge in [0.15, 0.2) is 0 Å². The van der Waals surface area contributed by atoms with Gasteiger partial charge in [-0.15, -0.1) is 0 Å². The molecule has 6 N–H and O–H groups in total. The molecule has 4 aromatic heterocycles. The van der Waals surface area contributed by atoms with Gasteiger partial charge in [-0.3, -0.25) is 19.5 Å². The van der Waals surface area contributed by atoms with Gasteiger partial charge in [0.2, 0.25) is 5.91 Å². The number of aromatic amines is 4. The van der Waals surface area contributed by atoms with Gasteiger partial charge in [-0.1, -0.05) is 220 Å². The normalized spacial score (nSPS) is 18.0. The third kappa shape index (κ3) is 23.2. The van der Waals surface area contributed by atoms with Gasteiger partial charge in [-0.25, -0.2) is 56.7 Å². The minimum Gasteiger partial charge on any atom is -0.465 e. The molecule has 656 valence electrons. The third-order valence-corrected chi connectivity index (χ3v) is 21.9. The number of methoxy groups -OCH3 is 1. The van der Waals surface area contributed by atoms with E-state index in [0.29, 0.717) is 56.4 Å². The van der Waals surface area contributed by atoms with E-state index >= 15 is 0 Å². The van der Waals surface area contributed by atoms with Gasteiger partial charge in [0.25, 0.3) is 11.8 Å². The Kier molecular flexibility index (Phi) is 29.4. The fourth-order valence-electron chi connectivity index (χ4n) is 16.0. The molecule has 5 amide bonds. The van der Waals surface area contributed by atoms with Crippen LogP contribution in [0.25, 0.3) is 88.8 Å². The number of fused-ring (bicyclic) bond motifs is 2. The van der Waals surface area contributed by atoms with Crippen molar-refractivity contribution in [2.75, 3.05) is 46.5 Å². The van der Waals surface area contributed by atoms with Crippen LogP contribution in [-0.4, -0.2) is 159 Å². The molecule has 12 aromatic rings. The summed E-state index contributed by atoms with van der Waals surface area (Å²) in [6.45, 7) is 20.2. The van der Waals surface area contributed by atoms with Crippen LogP contribution in [0.15, 0.2) is 207 Å². The average molecular weight is 1710 g/mol. The molecule has 0 spiro atoms. The molecule has 0 aliphatic carbocycles. The van der Waals surface area contributed by atoms with Crippen molar-refractivity contribution in [3.63, 3.8) is 0 Å². The van der Waals surface area contributed by atoms with Crippen molar-refractivity contribution in [1.29, 1.82) is 0 Å². The molecule has 5 aliphatic rings. The van der Waals surface area contributed by atoms with Gasteiger partial charge >= 0.3 is 24.4 Å². The summed E-state index contributed by atoms with van der Waals surface area (Å²) in [6.07, 6.45) is 6.99. The number of carbonyl (C=O) groups is 5. The predicted molar refractivity (Wildman–Crippen MR) is 475 cm³/mol. The first kappa shape index (κ1) is 90.1. The van der Waals surface area contributed by atoms with E-state index in [1.165, 1.54) is 12.0 Å². The summed E-state index contributed by atoms with van der Waals surface area (Å²) in [6, 6.07) is 56.1.